The normalized spacial score (nSPS) is 11.9. The molecule has 0 amide bonds. The van der Waals surface area contributed by atoms with Crippen molar-refractivity contribution in [2.75, 3.05) is 12.3 Å². The molecule has 0 aliphatic heterocycles. The summed E-state index contributed by atoms with van der Waals surface area (Å²) in [5.74, 6) is 0.321. The summed E-state index contributed by atoms with van der Waals surface area (Å²) in [5, 5.41) is 0. The number of hydrogen-bond acceptors (Lipinski definition) is 2. The Labute approximate surface area is 128 Å². The topological polar surface area (TPSA) is 49.7 Å². The van der Waals surface area contributed by atoms with E-state index in [0.29, 0.717) is 18.7 Å². The lowest BCUT2D eigenvalue weighted by Gasteiger charge is -2.07. The van der Waals surface area contributed by atoms with Crippen LogP contribution in [0, 0.1) is 0 Å². The minimum absolute atomic E-state index is 0.321. The highest BCUT2D eigenvalue weighted by Crippen LogP contribution is 2.11. The Bertz CT molecular complexity index is 555. The van der Waals surface area contributed by atoms with Crippen molar-refractivity contribution in [3.63, 3.8) is 0 Å². The van der Waals surface area contributed by atoms with Crippen molar-refractivity contribution in [3.8, 4) is 0 Å². The molecule has 0 aliphatic rings. The van der Waals surface area contributed by atoms with Gasteiger partial charge in [0.05, 0.1) is 5.71 Å². The van der Waals surface area contributed by atoms with Gasteiger partial charge in [-0.25, -0.2) is 4.21 Å². The van der Waals surface area contributed by atoms with Crippen molar-refractivity contribution in [2.24, 2.45) is 4.99 Å². The lowest BCUT2D eigenvalue weighted by molar-refractivity contribution is 0.560. The number of hydrogen-bond donors (Lipinski definition) is 1. The fraction of sp³-hybridized carbons (Fsp3) is 0.235. The molecule has 21 heavy (non-hydrogen) atoms. The predicted molar refractivity (Wildman–Crippen MR) is 88.3 cm³/mol. The Morgan fingerprint density at radius 3 is 1.90 bits per heavy atom. The molecule has 110 valence electrons. The Balaban J connectivity index is 2.11. The third kappa shape index (κ3) is 5.25. The first-order valence-corrected chi connectivity index (χ1v) is 8.27. The van der Waals surface area contributed by atoms with Crippen molar-refractivity contribution in [1.29, 1.82) is 0 Å². The average molecular weight is 301 g/mol. The van der Waals surface area contributed by atoms with Crippen LogP contribution in [0.1, 0.15) is 24.0 Å². The minimum Gasteiger partial charge on any atom is -0.306 e. The Morgan fingerprint density at radius 2 is 1.43 bits per heavy atom. The van der Waals surface area contributed by atoms with E-state index < -0.39 is 11.1 Å². The Hall–Kier alpha value is -1.78. The zero-order valence-corrected chi connectivity index (χ0v) is 12.6. The SMILES string of the molecule is O=S(O)CCCCN=C(c1ccccc1)c1ccccc1. The zero-order chi connectivity index (χ0) is 14.9. The molecule has 0 saturated heterocycles. The van der Waals surface area contributed by atoms with Crippen LogP contribution < -0.4 is 0 Å². The summed E-state index contributed by atoms with van der Waals surface area (Å²) >= 11 is -1.70. The van der Waals surface area contributed by atoms with Crippen LogP contribution in [0.2, 0.25) is 0 Å². The second kappa shape index (κ2) is 8.49. The maximum atomic E-state index is 10.6. The summed E-state index contributed by atoms with van der Waals surface area (Å²) in [6.45, 7) is 0.663. The van der Waals surface area contributed by atoms with Gasteiger partial charge in [0.2, 0.25) is 0 Å². The molecule has 0 saturated carbocycles. The van der Waals surface area contributed by atoms with Crippen molar-refractivity contribution in [2.45, 2.75) is 12.8 Å². The van der Waals surface area contributed by atoms with Crippen LogP contribution in [0.3, 0.4) is 0 Å². The molecule has 2 aromatic carbocycles. The molecule has 1 atom stereocenters. The van der Waals surface area contributed by atoms with E-state index in [1.54, 1.807) is 0 Å². The standard InChI is InChI=1S/C17H19NO2S/c19-21(20)14-8-7-13-18-17(15-9-3-1-4-10-15)16-11-5-2-6-12-16/h1-6,9-12H,7-8,13-14H2,(H,19,20). The lowest BCUT2D eigenvalue weighted by atomic mass is 10.0. The van der Waals surface area contributed by atoms with Gasteiger partial charge in [0, 0.05) is 23.4 Å². The van der Waals surface area contributed by atoms with Crippen LogP contribution in [0.15, 0.2) is 65.7 Å². The first-order chi connectivity index (χ1) is 10.3. The smallest absolute Gasteiger partial charge is 0.152 e. The Morgan fingerprint density at radius 1 is 0.905 bits per heavy atom. The average Bonchev–Trinajstić information content (AvgIpc) is 2.52. The number of unbranched alkanes of at least 4 members (excludes halogenated alkanes) is 1. The molecular weight excluding hydrogens is 282 g/mol. The molecule has 0 fully saturated rings. The maximum Gasteiger partial charge on any atom is 0.152 e. The van der Waals surface area contributed by atoms with E-state index in [9.17, 15) is 4.21 Å². The molecular formula is C17H19NO2S. The first-order valence-electron chi connectivity index (χ1n) is 7.00. The van der Waals surface area contributed by atoms with E-state index in [2.05, 4.69) is 24.3 Å². The zero-order valence-electron chi connectivity index (χ0n) is 11.8. The van der Waals surface area contributed by atoms with Crippen molar-refractivity contribution in [3.05, 3.63) is 71.8 Å². The van der Waals surface area contributed by atoms with Crippen molar-refractivity contribution < 1.29 is 8.76 Å². The van der Waals surface area contributed by atoms with Crippen LogP contribution in [-0.2, 0) is 11.1 Å². The molecule has 2 aromatic rings. The second-order valence-corrected chi connectivity index (χ2v) is 5.75. The van der Waals surface area contributed by atoms with E-state index in [0.717, 1.165) is 23.3 Å². The molecule has 0 spiro atoms. The van der Waals surface area contributed by atoms with Crippen LogP contribution in [0.4, 0.5) is 0 Å². The number of benzene rings is 2. The Kier molecular flexibility index (Phi) is 6.31. The number of rotatable bonds is 7. The van der Waals surface area contributed by atoms with E-state index in [1.807, 2.05) is 36.4 Å². The van der Waals surface area contributed by atoms with Gasteiger partial charge < -0.3 is 4.55 Å². The minimum atomic E-state index is -1.70. The highest BCUT2D eigenvalue weighted by atomic mass is 32.2. The molecule has 2 rings (SSSR count). The summed E-state index contributed by atoms with van der Waals surface area (Å²) in [6, 6.07) is 20.2. The number of aliphatic imine (C=N–C) groups is 1. The molecule has 0 radical (unpaired) electrons. The van der Waals surface area contributed by atoms with Gasteiger partial charge in [0.25, 0.3) is 0 Å². The van der Waals surface area contributed by atoms with Gasteiger partial charge >= 0.3 is 0 Å². The summed E-state index contributed by atoms with van der Waals surface area (Å²) in [5.41, 5.74) is 3.16. The fourth-order valence-electron chi connectivity index (χ4n) is 2.07. The molecule has 0 aliphatic carbocycles. The van der Waals surface area contributed by atoms with Crippen LogP contribution in [0.25, 0.3) is 0 Å². The van der Waals surface area contributed by atoms with E-state index >= 15 is 0 Å². The molecule has 0 heterocycles. The predicted octanol–water partition coefficient (Wildman–Crippen LogP) is 3.53. The van der Waals surface area contributed by atoms with E-state index in [4.69, 9.17) is 9.55 Å². The lowest BCUT2D eigenvalue weighted by Crippen LogP contribution is -2.05. The van der Waals surface area contributed by atoms with E-state index in [1.165, 1.54) is 0 Å². The molecule has 0 bridgehead atoms. The van der Waals surface area contributed by atoms with Gasteiger partial charge in [-0.3, -0.25) is 4.99 Å². The first kappa shape index (κ1) is 15.6. The number of nitrogens with zero attached hydrogens (tertiary/aromatic N) is 1. The van der Waals surface area contributed by atoms with E-state index in [-0.39, 0.29) is 0 Å². The summed E-state index contributed by atoms with van der Waals surface area (Å²) in [7, 11) is 0. The van der Waals surface area contributed by atoms with Crippen molar-refractivity contribution in [1.82, 2.24) is 0 Å². The highest BCUT2D eigenvalue weighted by Gasteiger charge is 2.05. The van der Waals surface area contributed by atoms with Gasteiger partial charge in [-0.05, 0) is 12.8 Å². The molecule has 1 unspecified atom stereocenters. The largest absolute Gasteiger partial charge is 0.306 e. The second-order valence-electron chi connectivity index (χ2n) is 4.70. The monoisotopic (exact) mass is 301 g/mol. The quantitative estimate of drug-likeness (QED) is 0.483. The summed E-state index contributed by atoms with van der Waals surface area (Å²) in [4.78, 5) is 4.70. The van der Waals surface area contributed by atoms with Crippen molar-refractivity contribution >= 4 is 16.8 Å². The van der Waals surface area contributed by atoms with Crippen LogP contribution >= 0.6 is 0 Å². The third-order valence-electron chi connectivity index (χ3n) is 3.09. The summed E-state index contributed by atoms with van der Waals surface area (Å²) in [6.07, 6.45) is 1.53. The maximum absolute atomic E-state index is 10.6. The molecule has 3 nitrogen and oxygen atoms in total. The van der Waals surface area contributed by atoms with Gasteiger partial charge in [-0.15, -0.1) is 0 Å². The fourth-order valence-corrected chi connectivity index (χ4v) is 2.52. The van der Waals surface area contributed by atoms with Gasteiger partial charge in [-0.1, -0.05) is 60.7 Å². The van der Waals surface area contributed by atoms with Gasteiger partial charge in [-0.2, -0.15) is 0 Å². The highest BCUT2D eigenvalue weighted by molar-refractivity contribution is 7.79. The van der Waals surface area contributed by atoms with Crippen LogP contribution in [0.5, 0.6) is 0 Å². The molecule has 4 heteroatoms. The summed E-state index contributed by atoms with van der Waals surface area (Å²) < 4.78 is 19.4. The molecule has 1 N–H and O–H groups in total. The van der Waals surface area contributed by atoms with Gasteiger partial charge in [0.15, 0.2) is 11.1 Å². The van der Waals surface area contributed by atoms with Gasteiger partial charge in [0.1, 0.15) is 0 Å². The van der Waals surface area contributed by atoms with Crippen LogP contribution in [-0.4, -0.2) is 26.8 Å². The molecule has 0 aromatic heterocycles. The third-order valence-corrected chi connectivity index (χ3v) is 3.73.